The molecule has 2 atom stereocenters. The van der Waals surface area contributed by atoms with Gasteiger partial charge in [-0.1, -0.05) is 35.8 Å². The predicted octanol–water partition coefficient (Wildman–Crippen LogP) is 3.70. The van der Waals surface area contributed by atoms with Crippen LogP contribution in [0.4, 0.5) is 4.39 Å². The van der Waals surface area contributed by atoms with E-state index in [1.54, 1.807) is 12.1 Å². The van der Waals surface area contributed by atoms with Crippen LogP contribution in [0.5, 0.6) is 0 Å². The van der Waals surface area contributed by atoms with Gasteiger partial charge in [0, 0.05) is 23.9 Å². The van der Waals surface area contributed by atoms with Crippen molar-refractivity contribution in [2.24, 2.45) is 5.92 Å². The average molecular weight is 331 g/mol. The second-order valence-electron chi connectivity index (χ2n) is 5.74. The number of hydrogen-bond acceptors (Lipinski definition) is 2. The van der Waals surface area contributed by atoms with Crippen molar-refractivity contribution >= 4 is 15.9 Å². The summed E-state index contributed by atoms with van der Waals surface area (Å²) in [4.78, 5) is 0. The first kappa shape index (κ1) is 14.9. The van der Waals surface area contributed by atoms with Crippen LogP contribution in [-0.2, 0) is 11.2 Å². The van der Waals surface area contributed by atoms with E-state index in [9.17, 15) is 9.50 Å². The first-order chi connectivity index (χ1) is 8.89. The summed E-state index contributed by atoms with van der Waals surface area (Å²) in [6.45, 7) is 4.70. The Labute approximate surface area is 122 Å². The molecule has 0 bridgehead atoms. The molecule has 1 aliphatic heterocycles. The molecule has 0 aromatic heterocycles. The van der Waals surface area contributed by atoms with Gasteiger partial charge in [-0.15, -0.1) is 0 Å². The Morgan fingerprint density at radius 3 is 2.89 bits per heavy atom. The van der Waals surface area contributed by atoms with Gasteiger partial charge in [-0.25, -0.2) is 4.39 Å². The molecule has 0 radical (unpaired) electrons. The van der Waals surface area contributed by atoms with Crippen molar-refractivity contribution in [3.8, 4) is 0 Å². The minimum absolute atomic E-state index is 0.0530. The summed E-state index contributed by atoms with van der Waals surface area (Å²) >= 11 is 3.24. The Balaban J connectivity index is 2.12. The minimum atomic E-state index is -0.859. The zero-order valence-corrected chi connectivity index (χ0v) is 12.9. The zero-order valence-electron chi connectivity index (χ0n) is 11.3. The molecule has 19 heavy (non-hydrogen) atoms. The molecular weight excluding hydrogens is 311 g/mol. The van der Waals surface area contributed by atoms with E-state index in [1.807, 2.05) is 0 Å². The van der Waals surface area contributed by atoms with Crippen LogP contribution in [0.3, 0.4) is 0 Å². The normalized spacial score (nSPS) is 27.8. The van der Waals surface area contributed by atoms with Gasteiger partial charge in [0.1, 0.15) is 5.82 Å². The average Bonchev–Trinajstić information content (AvgIpc) is 2.33. The smallest absolute Gasteiger partial charge is 0.127 e. The number of halogens is 2. The van der Waals surface area contributed by atoms with Gasteiger partial charge in [0.15, 0.2) is 0 Å². The maximum atomic E-state index is 13.9. The molecule has 1 saturated heterocycles. The monoisotopic (exact) mass is 330 g/mol. The number of ether oxygens (including phenoxy) is 1. The standard InChI is InChI=1S/C15H20BrFO2/c1-10(2)14-9-15(18,5-6-19-14)8-11-3-4-12(16)7-13(11)17/h3-4,7,10,14,18H,5-6,8-9H2,1-2H3. The Kier molecular flexibility index (Phi) is 4.64. The van der Waals surface area contributed by atoms with Crippen molar-refractivity contribution in [3.63, 3.8) is 0 Å². The predicted molar refractivity (Wildman–Crippen MR) is 76.6 cm³/mol. The molecule has 2 rings (SSSR count). The molecule has 1 heterocycles. The molecule has 1 N–H and O–H groups in total. The maximum absolute atomic E-state index is 13.9. The van der Waals surface area contributed by atoms with Gasteiger partial charge in [0.2, 0.25) is 0 Å². The fraction of sp³-hybridized carbons (Fsp3) is 0.600. The molecule has 2 nitrogen and oxygen atoms in total. The van der Waals surface area contributed by atoms with Crippen LogP contribution in [-0.4, -0.2) is 23.4 Å². The van der Waals surface area contributed by atoms with Gasteiger partial charge >= 0.3 is 0 Å². The van der Waals surface area contributed by atoms with Crippen LogP contribution in [0.1, 0.15) is 32.3 Å². The Morgan fingerprint density at radius 1 is 1.53 bits per heavy atom. The highest BCUT2D eigenvalue weighted by atomic mass is 79.9. The molecule has 4 heteroatoms. The first-order valence-corrected chi connectivity index (χ1v) is 7.47. The third kappa shape index (κ3) is 3.77. The van der Waals surface area contributed by atoms with Crippen LogP contribution in [0, 0.1) is 11.7 Å². The van der Waals surface area contributed by atoms with Crippen LogP contribution in [0.25, 0.3) is 0 Å². The van der Waals surface area contributed by atoms with E-state index in [4.69, 9.17) is 4.74 Å². The molecule has 1 aromatic rings. The van der Waals surface area contributed by atoms with Gasteiger partial charge in [0.05, 0.1) is 11.7 Å². The third-order valence-electron chi connectivity index (χ3n) is 3.76. The highest BCUT2D eigenvalue weighted by Crippen LogP contribution is 2.32. The number of hydrogen-bond donors (Lipinski definition) is 1. The second kappa shape index (κ2) is 5.90. The van der Waals surface area contributed by atoms with E-state index in [2.05, 4.69) is 29.8 Å². The topological polar surface area (TPSA) is 29.5 Å². The molecular formula is C15H20BrFO2. The molecule has 1 fully saturated rings. The molecule has 0 aliphatic carbocycles. The van der Waals surface area contributed by atoms with Crippen molar-refractivity contribution < 1.29 is 14.2 Å². The Bertz CT molecular complexity index is 450. The van der Waals surface area contributed by atoms with Gasteiger partial charge < -0.3 is 9.84 Å². The lowest BCUT2D eigenvalue weighted by Crippen LogP contribution is -2.44. The molecule has 2 unspecified atom stereocenters. The first-order valence-electron chi connectivity index (χ1n) is 6.67. The van der Waals surface area contributed by atoms with Crippen molar-refractivity contribution in [3.05, 3.63) is 34.1 Å². The van der Waals surface area contributed by atoms with Crippen LogP contribution in [0.2, 0.25) is 0 Å². The summed E-state index contributed by atoms with van der Waals surface area (Å²) in [6.07, 6.45) is 1.53. The molecule has 0 saturated carbocycles. The van der Waals surface area contributed by atoms with Crippen LogP contribution in [0.15, 0.2) is 22.7 Å². The van der Waals surface area contributed by atoms with E-state index < -0.39 is 5.60 Å². The van der Waals surface area contributed by atoms with E-state index in [-0.39, 0.29) is 11.9 Å². The molecule has 0 spiro atoms. The molecule has 1 aliphatic rings. The Morgan fingerprint density at radius 2 is 2.26 bits per heavy atom. The molecule has 0 amide bonds. The van der Waals surface area contributed by atoms with E-state index >= 15 is 0 Å². The summed E-state index contributed by atoms with van der Waals surface area (Å²) in [5, 5.41) is 10.7. The van der Waals surface area contributed by atoms with Gasteiger partial charge in [-0.05, 0) is 30.0 Å². The number of rotatable bonds is 3. The van der Waals surface area contributed by atoms with Gasteiger partial charge in [-0.3, -0.25) is 0 Å². The molecule has 1 aromatic carbocycles. The Hall–Kier alpha value is -0.450. The van der Waals surface area contributed by atoms with Crippen molar-refractivity contribution in [1.82, 2.24) is 0 Å². The van der Waals surface area contributed by atoms with Crippen LogP contribution < -0.4 is 0 Å². The summed E-state index contributed by atoms with van der Waals surface area (Å²) in [5.74, 6) is 0.0944. The summed E-state index contributed by atoms with van der Waals surface area (Å²) in [5.41, 5.74) is -0.294. The number of aliphatic hydroxyl groups is 1. The summed E-state index contributed by atoms with van der Waals surface area (Å²) in [7, 11) is 0. The maximum Gasteiger partial charge on any atom is 0.127 e. The van der Waals surface area contributed by atoms with Crippen molar-refractivity contribution in [1.29, 1.82) is 0 Å². The largest absolute Gasteiger partial charge is 0.389 e. The third-order valence-corrected chi connectivity index (χ3v) is 4.25. The second-order valence-corrected chi connectivity index (χ2v) is 6.66. The van der Waals surface area contributed by atoms with Crippen molar-refractivity contribution in [2.75, 3.05) is 6.61 Å². The zero-order chi connectivity index (χ0) is 14.0. The number of benzene rings is 1. The fourth-order valence-electron chi connectivity index (χ4n) is 2.54. The lowest BCUT2D eigenvalue weighted by Gasteiger charge is -2.38. The van der Waals surface area contributed by atoms with Crippen LogP contribution >= 0.6 is 15.9 Å². The van der Waals surface area contributed by atoms with Gasteiger partial charge in [0.25, 0.3) is 0 Å². The van der Waals surface area contributed by atoms with Gasteiger partial charge in [-0.2, -0.15) is 0 Å². The summed E-state index contributed by atoms with van der Waals surface area (Å²) in [6, 6.07) is 4.98. The lowest BCUT2D eigenvalue weighted by molar-refractivity contribution is -0.116. The minimum Gasteiger partial charge on any atom is -0.389 e. The van der Waals surface area contributed by atoms with E-state index in [0.29, 0.717) is 41.8 Å². The van der Waals surface area contributed by atoms with E-state index in [1.165, 1.54) is 6.07 Å². The highest BCUT2D eigenvalue weighted by Gasteiger charge is 2.36. The molecule has 106 valence electrons. The SMILES string of the molecule is CC(C)C1CC(O)(Cc2ccc(Br)cc2F)CCO1. The highest BCUT2D eigenvalue weighted by molar-refractivity contribution is 9.10. The lowest BCUT2D eigenvalue weighted by atomic mass is 9.82. The fourth-order valence-corrected chi connectivity index (χ4v) is 2.88. The summed E-state index contributed by atoms with van der Waals surface area (Å²) < 4.78 is 20.2. The van der Waals surface area contributed by atoms with E-state index in [0.717, 1.165) is 0 Å². The van der Waals surface area contributed by atoms with Crippen molar-refractivity contribution in [2.45, 2.75) is 44.8 Å². The quantitative estimate of drug-likeness (QED) is 0.915.